The van der Waals surface area contributed by atoms with Gasteiger partial charge in [-0.3, -0.25) is 0 Å². The molecule has 2 heterocycles. The van der Waals surface area contributed by atoms with Crippen molar-refractivity contribution in [1.82, 2.24) is 0 Å². The molecule has 0 aliphatic heterocycles. The Morgan fingerprint density at radius 3 is 0.833 bits per heavy atom. The van der Waals surface area contributed by atoms with E-state index in [1.807, 2.05) is 162 Å². The van der Waals surface area contributed by atoms with Crippen molar-refractivity contribution in [1.29, 1.82) is 0 Å². The number of rotatable bonds is 41. The van der Waals surface area contributed by atoms with Gasteiger partial charge in [0.2, 0.25) is 0 Å². The fourth-order valence-corrected chi connectivity index (χ4v) is 13.7. The second kappa shape index (κ2) is 36.0. The minimum atomic E-state index is -0.914. The number of quaternary nitrogens is 2. The van der Waals surface area contributed by atoms with Crippen LogP contribution in [0.1, 0.15) is 43.1 Å². The Hall–Kier alpha value is -7.72. The zero-order valence-corrected chi connectivity index (χ0v) is 57.1. The van der Waals surface area contributed by atoms with Crippen LogP contribution in [0.2, 0.25) is 0 Å². The summed E-state index contributed by atoms with van der Waals surface area (Å²) in [5.41, 5.74) is 18.0. The van der Waals surface area contributed by atoms with Crippen LogP contribution in [0.5, 0.6) is 0 Å². The van der Waals surface area contributed by atoms with Gasteiger partial charge >= 0.3 is 0 Å². The topological polar surface area (TPSA) is 142 Å². The molecule has 2 aromatic heterocycles. The van der Waals surface area contributed by atoms with Gasteiger partial charge in [-0.05, 0) is 68.8 Å². The molecule has 16 heteroatoms. The largest absolute Gasteiger partial charge is 0.487 e. The van der Waals surface area contributed by atoms with Crippen molar-refractivity contribution >= 4 is 34.0 Å². The van der Waals surface area contributed by atoms with Gasteiger partial charge in [0.25, 0.3) is 0 Å². The minimum Gasteiger partial charge on any atom is -0.487 e. The van der Waals surface area contributed by atoms with Crippen molar-refractivity contribution < 1.29 is 57.3 Å². The third-order valence-electron chi connectivity index (χ3n) is 16.1. The van der Waals surface area contributed by atoms with Crippen molar-refractivity contribution in [3.63, 3.8) is 0 Å². The standard InChI is InChI=1S/C80H90N4O10S2/c1-83(2,57-73(85)59-93-79(65-23-11-5-12-24-65,66-25-13-6-14-26-66)67-27-15-7-16-28-67)81-71-39-35-63(36-40-71)77-45-43-75(95-77)61-91-55-53-89-51-49-87-47-48-88-50-52-90-54-56-92-62-76-44-46-78(96-76)64-37-41-72(42-38-64)82-84(3,4)58-74(86)60-94-80(68-29-17-8-18-30-68,69-31-19-9-20-32-69)70-33-21-10-22-34-70/h5-46,73-74,85-86H,47-62H2,1-4H3. The van der Waals surface area contributed by atoms with E-state index in [4.69, 9.17) is 48.7 Å². The molecule has 96 heavy (non-hydrogen) atoms. The summed E-state index contributed by atoms with van der Waals surface area (Å²) in [4.78, 5) is 4.57. The van der Waals surface area contributed by atoms with E-state index in [2.05, 4.69) is 121 Å². The molecule has 10 aromatic rings. The summed E-state index contributed by atoms with van der Waals surface area (Å²) in [6, 6.07) is 86.2. The summed E-state index contributed by atoms with van der Waals surface area (Å²) in [5, 5.41) is 23.0. The summed E-state index contributed by atoms with van der Waals surface area (Å²) in [6.07, 6.45) is -1.58. The molecule has 0 radical (unpaired) electrons. The van der Waals surface area contributed by atoms with E-state index in [0.29, 0.717) is 92.4 Å². The lowest BCUT2D eigenvalue weighted by Gasteiger charge is -2.44. The monoisotopic (exact) mass is 1330 g/mol. The highest BCUT2D eigenvalue weighted by molar-refractivity contribution is 7.15. The number of nitrogens with zero attached hydrogens (tertiary/aromatic N) is 4. The number of benzene rings is 8. The Morgan fingerprint density at radius 1 is 0.323 bits per heavy atom. The van der Waals surface area contributed by atoms with Crippen LogP contribution >= 0.6 is 22.7 Å². The lowest BCUT2D eigenvalue weighted by Crippen LogP contribution is -2.44. The number of thiophene rings is 2. The highest BCUT2D eigenvalue weighted by Crippen LogP contribution is 2.43. The number of aliphatic hydroxyl groups excluding tert-OH is 2. The average Bonchev–Trinajstić information content (AvgIpc) is 0.898. The molecule has 0 saturated heterocycles. The summed E-state index contributed by atoms with van der Waals surface area (Å²) in [7, 11) is 7.95. The van der Waals surface area contributed by atoms with Crippen molar-refractivity contribution in [2.75, 3.05) is 121 Å². The number of aliphatic hydroxyl groups is 2. The molecule has 2 atom stereocenters. The van der Waals surface area contributed by atoms with E-state index >= 15 is 0 Å². The van der Waals surface area contributed by atoms with Gasteiger partial charge in [0.1, 0.15) is 36.5 Å². The Labute approximate surface area is 574 Å². The maximum Gasteiger partial charge on any atom is 0.143 e. The molecule has 10 rings (SSSR count). The van der Waals surface area contributed by atoms with Crippen LogP contribution in [0.4, 0.5) is 11.4 Å². The molecule has 0 aliphatic carbocycles. The maximum atomic E-state index is 11.5. The molecule has 14 nitrogen and oxygen atoms in total. The van der Waals surface area contributed by atoms with Crippen LogP contribution in [0.25, 0.3) is 31.7 Å². The lowest BCUT2D eigenvalue weighted by molar-refractivity contribution is -0.853. The van der Waals surface area contributed by atoms with E-state index < -0.39 is 23.4 Å². The molecular weight excluding hydrogens is 1240 g/mol. The van der Waals surface area contributed by atoms with Gasteiger partial charge < -0.3 is 68.1 Å². The second-order valence-corrected chi connectivity index (χ2v) is 26.8. The highest BCUT2D eigenvalue weighted by atomic mass is 32.1. The van der Waals surface area contributed by atoms with E-state index in [1.165, 1.54) is 0 Å². The summed E-state index contributed by atoms with van der Waals surface area (Å²) < 4.78 is 48.9. The molecule has 2 N–H and O–H groups in total. The predicted molar refractivity (Wildman–Crippen MR) is 384 cm³/mol. The van der Waals surface area contributed by atoms with Gasteiger partial charge in [-0.15, -0.1) is 22.7 Å². The van der Waals surface area contributed by atoms with Crippen molar-refractivity contribution in [3.05, 3.63) is 309 Å². The van der Waals surface area contributed by atoms with Gasteiger partial charge in [0.05, 0.1) is 121 Å². The van der Waals surface area contributed by atoms with Gasteiger partial charge in [-0.1, -0.05) is 242 Å². The smallest absolute Gasteiger partial charge is 0.143 e. The van der Waals surface area contributed by atoms with E-state index in [-0.39, 0.29) is 22.4 Å². The third-order valence-corrected chi connectivity index (χ3v) is 18.3. The van der Waals surface area contributed by atoms with Crippen LogP contribution in [0.3, 0.4) is 0 Å². The number of hydrogen-bond donors (Lipinski definition) is 2. The van der Waals surface area contributed by atoms with Crippen molar-refractivity contribution in [2.24, 2.45) is 0 Å². The quantitative estimate of drug-likeness (QED) is 0.0165. The first-order chi connectivity index (χ1) is 46.9. The normalized spacial score (nSPS) is 12.8. The van der Waals surface area contributed by atoms with Gasteiger partial charge in [-0.25, -0.2) is 0 Å². The van der Waals surface area contributed by atoms with Gasteiger partial charge in [-0.2, -0.15) is 0 Å². The average molecular weight is 1330 g/mol. The van der Waals surface area contributed by atoms with Crippen LogP contribution in [-0.2, 0) is 62.3 Å². The molecule has 8 aromatic carbocycles. The molecule has 0 spiro atoms. The first-order valence-electron chi connectivity index (χ1n) is 32.8. The Morgan fingerprint density at radius 2 is 0.573 bits per heavy atom. The first-order valence-corrected chi connectivity index (χ1v) is 34.5. The molecule has 0 fully saturated rings. The zero-order valence-electron chi connectivity index (χ0n) is 55.5. The molecule has 502 valence electrons. The fraction of sp³-hybridized carbons (Fsp3) is 0.300. The molecule has 0 aliphatic rings. The highest BCUT2D eigenvalue weighted by Gasteiger charge is 2.40. The lowest BCUT2D eigenvalue weighted by atomic mass is 9.80. The summed E-state index contributed by atoms with van der Waals surface area (Å²) in [5.74, 6) is 0. The van der Waals surface area contributed by atoms with Gasteiger partial charge in [0.15, 0.2) is 0 Å². The van der Waals surface area contributed by atoms with Crippen LogP contribution in [0, 0.1) is 0 Å². The summed E-state index contributed by atoms with van der Waals surface area (Å²) >= 11 is 3.41. The van der Waals surface area contributed by atoms with E-state index in [9.17, 15) is 10.2 Å². The van der Waals surface area contributed by atoms with Crippen molar-refractivity contribution in [3.8, 4) is 20.9 Å². The zero-order chi connectivity index (χ0) is 66.7. The van der Waals surface area contributed by atoms with Crippen LogP contribution in [-0.4, -0.2) is 152 Å². The SMILES string of the molecule is C[N+](C)(CC(O)COC(c1ccccc1)(c1ccccc1)c1ccccc1)[N-]c1ccc(-c2ccc(COCCOCCOCCOCCOCCOCc3ccc(-c4ccc([N-][N+](C)(C)CC(O)COC(c5ccccc5)(c5ccccc5)c5ccccc5)cc4)s3)s2)cc1. The fourth-order valence-electron chi connectivity index (χ4n) is 11.8. The molecule has 2 unspecified atom stereocenters. The van der Waals surface area contributed by atoms with E-state index in [1.54, 1.807) is 22.7 Å². The molecule has 0 amide bonds. The number of ether oxygens (including phenoxy) is 8. The minimum absolute atomic E-state index is 0.105. The predicted octanol–water partition coefficient (Wildman–Crippen LogP) is 15.7. The summed E-state index contributed by atoms with van der Waals surface area (Å²) in [6.45, 7) is 6.73. The Bertz CT molecular complexity index is 3350. The van der Waals surface area contributed by atoms with Crippen molar-refractivity contribution in [2.45, 2.75) is 36.6 Å². The van der Waals surface area contributed by atoms with Crippen LogP contribution < -0.4 is 0 Å². The van der Waals surface area contributed by atoms with E-state index in [0.717, 1.165) is 75.4 Å². The first kappa shape index (κ1) is 71.1. The number of hydrogen-bond acceptors (Lipinski definition) is 12. The third kappa shape index (κ3) is 20.4. The Balaban J connectivity index is 0.536. The molecular formula is C80H90N4O10S2. The molecule has 0 saturated carbocycles. The Kier molecular flexibility index (Phi) is 26.7. The van der Waals surface area contributed by atoms with Crippen LogP contribution in [0.15, 0.2) is 255 Å². The molecule has 0 bridgehead atoms. The van der Waals surface area contributed by atoms with Gasteiger partial charge in [0, 0.05) is 19.5 Å². The number of likely N-dealkylation sites (N-methyl/N-ethyl adjacent to an activating group) is 2. The second-order valence-electron chi connectivity index (χ2n) is 24.5. The maximum absolute atomic E-state index is 11.5.